The molecule has 0 aromatic carbocycles. The fourth-order valence-electron chi connectivity index (χ4n) is 12.3. The van der Waals surface area contributed by atoms with Crippen LogP contribution >= 0.6 is 23.5 Å². The fourth-order valence-corrected chi connectivity index (χ4v) is 13.3. The Morgan fingerprint density at radius 2 is 0.803 bits per heavy atom. The number of nitrogens with one attached hydrogen (secondary N) is 13. The molecule has 0 unspecified atom stereocenters. The van der Waals surface area contributed by atoms with Crippen molar-refractivity contribution in [2.45, 2.75) is 256 Å². The molecule has 0 aliphatic carbocycles. The maximum absolute atomic E-state index is 14.7. The third-order valence-corrected chi connectivity index (χ3v) is 20.3. The van der Waals surface area contributed by atoms with E-state index in [0.29, 0.717) is 5.75 Å². The average Bonchev–Trinajstić information content (AvgIpc) is 1.72. The summed E-state index contributed by atoms with van der Waals surface area (Å²) in [7, 11) is 0. The number of hydrogen-bond donors (Lipinski definition) is 22. The molecule has 117 heavy (non-hydrogen) atoms. The Balaban J connectivity index is 2.37. The smallest absolute Gasteiger partial charge is 0.326 e. The van der Waals surface area contributed by atoms with E-state index in [1.54, 1.807) is 61.6 Å². The topological polar surface area (TPSA) is 694 Å². The second-order valence-corrected chi connectivity index (χ2v) is 32.3. The fraction of sp³-hybridized carbons (Fsp3) is 0.736. The predicted octanol–water partition coefficient (Wildman–Crippen LogP) is -8.20. The molecular formula is C72H125N21O22S2. The third-order valence-electron chi connectivity index (χ3n) is 19.0. The third kappa shape index (κ3) is 34.8. The Bertz CT molecular complexity index is 3480. The van der Waals surface area contributed by atoms with Crippen LogP contribution in [0.4, 0.5) is 0 Å². The summed E-state index contributed by atoms with van der Waals surface area (Å²) in [4.78, 5) is 251. The first kappa shape index (κ1) is 103. The van der Waals surface area contributed by atoms with Gasteiger partial charge >= 0.3 is 5.97 Å². The van der Waals surface area contributed by atoms with Crippen LogP contribution in [0.3, 0.4) is 0 Å². The van der Waals surface area contributed by atoms with E-state index in [4.69, 9.17) is 28.7 Å². The number of aliphatic hydroxyl groups excluding tert-OH is 3. The number of primary amides is 2. The standard InChI is InChI=1S/C72H125N21O22S2/c1-33(2)29-45(71(114)115)85-56(99)37(9)79-59(102)42(20-21-50(74)97)82-62(105)44(30-51(75)98)84-66(109)49-19-15-25-92(49)69(112)54(36(7)8)90-67(110)53(35(5)6)89-61(104)41(17-14-24-78-72(76)77)81-64(107)47(32-95)87-60(103)43(23-28-117-13)83-65(108)48-18-16-26-93(48)70(113)55(39(11)96)91-68(111)52(34(3)4)88-57(100)38(10)80-63(106)46(31-94)86-58(101)40(73)22-27-116-12/h33-49,52-55,94-96H,14-32,73H2,1-13H3,(H2,74,97)(H2,75,98)(H,79,102)(H,80,106)(H,81,107)(H,82,105)(H,83,108)(H,84,109)(H,85,99)(H,86,101)(H,87,103)(H,88,100)(H,89,104)(H,90,110)(H,91,111)(H,114,115)(H4,76,77,78)/t37-,38-,39+,40-,41-,42-,43-,44-,45-,46-,47-,48-,49-,52-,53-,54-,55-/m0/s1. The van der Waals surface area contributed by atoms with Gasteiger partial charge in [-0.25, -0.2) is 4.79 Å². The number of hydrogen-bond acceptors (Lipinski definition) is 25. The van der Waals surface area contributed by atoms with Crippen molar-refractivity contribution in [2.24, 2.45) is 57.3 Å². The van der Waals surface area contributed by atoms with Crippen LogP contribution in [0.2, 0.25) is 0 Å². The highest BCUT2D eigenvalue weighted by Gasteiger charge is 2.45. The molecule has 17 atom stereocenters. The van der Waals surface area contributed by atoms with Gasteiger partial charge in [0.25, 0.3) is 0 Å². The number of nitrogens with two attached hydrogens (primary N) is 5. The van der Waals surface area contributed by atoms with Gasteiger partial charge in [0.15, 0.2) is 5.96 Å². The van der Waals surface area contributed by atoms with Crippen molar-refractivity contribution in [3.8, 4) is 0 Å². The van der Waals surface area contributed by atoms with Crippen molar-refractivity contribution in [3.05, 3.63) is 0 Å². The number of carbonyl (C=O) groups is 18. The highest BCUT2D eigenvalue weighted by Crippen LogP contribution is 2.24. The number of aliphatic hydroxyl groups is 3. The molecule has 2 aliphatic heterocycles. The largest absolute Gasteiger partial charge is 0.480 e. The Hall–Kier alpha value is -9.73. The summed E-state index contributed by atoms with van der Waals surface area (Å²) in [6.45, 7) is 14.4. The van der Waals surface area contributed by atoms with E-state index < -0.39 is 259 Å². The maximum atomic E-state index is 14.7. The van der Waals surface area contributed by atoms with Crippen LogP contribution in [0.1, 0.15) is 153 Å². The van der Waals surface area contributed by atoms with Crippen LogP contribution in [0, 0.1) is 23.7 Å². The number of carbonyl (C=O) groups excluding carboxylic acids is 17. The van der Waals surface area contributed by atoms with Gasteiger partial charge in [-0.3, -0.25) is 86.5 Å². The van der Waals surface area contributed by atoms with Gasteiger partial charge in [0, 0.05) is 26.1 Å². The van der Waals surface area contributed by atoms with Crippen molar-refractivity contribution < 1.29 is 107 Å². The van der Waals surface area contributed by atoms with E-state index in [-0.39, 0.29) is 95.1 Å². The SMILES string of the molecule is CSCC[C@H](NC(=O)[C@@H]1CCCN1C(=O)[C@@H](NC(=O)[C@@H](NC(=O)[C@H](C)NC(=O)[C@H](CO)NC(=O)[C@@H](N)CCSC)C(C)C)[C@@H](C)O)C(=O)N[C@@H](CO)C(=O)N[C@@H](CCCN=C(N)N)C(=O)N[C@H](C(=O)N[C@H](C(=O)N1CCC[C@H]1C(=O)N[C@@H](CC(N)=O)C(=O)N[C@@H](CCC(N)=O)C(=O)N[C@@H](C)C(=O)N[C@@H](CC(C)C)C(=O)O)C(C)C)C(C)C. The van der Waals surface area contributed by atoms with Crippen LogP contribution in [0.5, 0.6) is 0 Å². The van der Waals surface area contributed by atoms with Gasteiger partial charge in [-0.05, 0) is 133 Å². The molecule has 0 saturated carbocycles. The van der Waals surface area contributed by atoms with E-state index >= 15 is 0 Å². The summed E-state index contributed by atoms with van der Waals surface area (Å²) in [5.41, 5.74) is 27.9. The number of likely N-dealkylation sites (tertiary alicyclic amines) is 2. The number of guanidine groups is 1. The van der Waals surface area contributed by atoms with E-state index in [1.807, 2.05) is 6.26 Å². The molecule has 0 radical (unpaired) electrons. The van der Waals surface area contributed by atoms with Crippen LogP contribution < -0.4 is 97.8 Å². The van der Waals surface area contributed by atoms with Gasteiger partial charge in [-0.1, -0.05) is 55.4 Å². The van der Waals surface area contributed by atoms with Gasteiger partial charge in [0.1, 0.15) is 90.6 Å². The first-order valence-electron chi connectivity index (χ1n) is 38.8. The van der Waals surface area contributed by atoms with Crippen LogP contribution in [-0.4, -0.2) is 302 Å². The second kappa shape index (κ2) is 51.5. The van der Waals surface area contributed by atoms with E-state index in [0.717, 1.165) is 9.80 Å². The quantitative estimate of drug-likeness (QED) is 0.0153. The summed E-state index contributed by atoms with van der Waals surface area (Å²) in [5.74, 6) is -19.3. The van der Waals surface area contributed by atoms with Gasteiger partial charge in [0.2, 0.25) is 100 Å². The summed E-state index contributed by atoms with van der Waals surface area (Å²) >= 11 is 2.72. The molecular weight excluding hydrogens is 1580 g/mol. The van der Waals surface area contributed by atoms with Crippen molar-refractivity contribution in [3.63, 3.8) is 0 Å². The minimum absolute atomic E-state index is 0.000671. The first-order chi connectivity index (χ1) is 54.8. The number of nitrogens with zero attached hydrogens (tertiary/aromatic N) is 3. The van der Waals surface area contributed by atoms with E-state index in [2.05, 4.69) is 74.1 Å². The molecule has 27 N–H and O–H groups in total. The number of aliphatic carboxylic acids is 1. The van der Waals surface area contributed by atoms with Crippen molar-refractivity contribution >= 4 is 136 Å². The Morgan fingerprint density at radius 1 is 0.427 bits per heavy atom. The lowest BCUT2D eigenvalue weighted by Crippen LogP contribution is -2.62. The normalized spacial score (nSPS) is 17.8. The van der Waals surface area contributed by atoms with Gasteiger partial charge in [0.05, 0.1) is 31.8 Å². The Kier molecular flexibility index (Phi) is 45.5. The molecule has 43 nitrogen and oxygen atoms in total. The second-order valence-electron chi connectivity index (χ2n) is 30.3. The van der Waals surface area contributed by atoms with Gasteiger partial charge < -0.3 is 128 Å². The van der Waals surface area contributed by atoms with E-state index in [1.165, 1.54) is 44.3 Å². The van der Waals surface area contributed by atoms with Crippen molar-refractivity contribution in [2.75, 3.05) is 56.9 Å². The number of thioether (sulfide) groups is 2. The molecule has 2 aliphatic rings. The highest BCUT2D eigenvalue weighted by atomic mass is 32.2. The molecule has 662 valence electrons. The lowest BCUT2D eigenvalue weighted by molar-refractivity contribution is -0.145. The average molecular weight is 1700 g/mol. The maximum Gasteiger partial charge on any atom is 0.326 e. The minimum atomic E-state index is -1.82. The van der Waals surface area contributed by atoms with Crippen molar-refractivity contribution in [1.82, 2.24) is 78.9 Å². The summed E-state index contributed by atoms with van der Waals surface area (Å²) in [6, 6.07) is -23.4. The molecule has 0 bridgehead atoms. The van der Waals surface area contributed by atoms with Crippen LogP contribution in [0.25, 0.3) is 0 Å². The number of amides is 17. The molecule has 2 fully saturated rings. The minimum Gasteiger partial charge on any atom is -0.480 e. The van der Waals surface area contributed by atoms with Crippen LogP contribution in [0.15, 0.2) is 4.99 Å². The predicted molar refractivity (Wildman–Crippen MR) is 429 cm³/mol. The lowest BCUT2D eigenvalue weighted by Gasteiger charge is -2.33. The van der Waals surface area contributed by atoms with Gasteiger partial charge in [-0.15, -0.1) is 0 Å². The zero-order valence-electron chi connectivity index (χ0n) is 68.7. The Labute approximate surface area is 688 Å². The monoisotopic (exact) mass is 1700 g/mol. The number of carboxylic acids is 1. The highest BCUT2D eigenvalue weighted by molar-refractivity contribution is 7.98. The molecule has 0 spiro atoms. The summed E-state index contributed by atoms with van der Waals surface area (Å²) in [6.07, 6.45) is 0.679. The number of carboxylic acid groups (broad SMARTS) is 1. The first-order valence-corrected chi connectivity index (χ1v) is 41.6. The van der Waals surface area contributed by atoms with E-state index in [9.17, 15) is 107 Å². The zero-order chi connectivity index (χ0) is 89.0. The lowest BCUT2D eigenvalue weighted by atomic mass is 9.98. The molecule has 45 heteroatoms. The summed E-state index contributed by atoms with van der Waals surface area (Å²) < 4.78 is 0. The number of aliphatic imine (C=N–C) groups is 1. The number of rotatable bonds is 52. The van der Waals surface area contributed by atoms with Gasteiger partial charge in [-0.2, -0.15) is 23.5 Å². The summed E-state index contributed by atoms with van der Waals surface area (Å²) in [5, 5.41) is 73.1. The molecule has 2 heterocycles. The molecule has 0 aromatic rings. The molecule has 17 amide bonds. The molecule has 2 saturated heterocycles. The van der Waals surface area contributed by atoms with Crippen LogP contribution in [-0.2, 0) is 86.3 Å². The molecule has 0 aromatic heterocycles. The molecule has 2 rings (SSSR count). The Morgan fingerprint density at radius 3 is 1.25 bits per heavy atom. The zero-order valence-corrected chi connectivity index (χ0v) is 70.4. The van der Waals surface area contributed by atoms with Crippen molar-refractivity contribution in [1.29, 1.82) is 0 Å².